The molecule has 11 heteroatoms. The number of thiophene rings is 1. The van der Waals surface area contributed by atoms with Crippen LogP contribution in [0.2, 0.25) is 0 Å². The number of carbonyl (C=O) groups is 1. The Balaban J connectivity index is 1.61. The van der Waals surface area contributed by atoms with Crippen LogP contribution in [0.5, 0.6) is 0 Å². The van der Waals surface area contributed by atoms with Gasteiger partial charge in [-0.15, -0.1) is 11.3 Å². The van der Waals surface area contributed by atoms with Crippen molar-refractivity contribution in [3.63, 3.8) is 0 Å². The molecule has 0 amide bonds. The lowest BCUT2D eigenvalue weighted by atomic mass is 9.97. The highest BCUT2D eigenvalue weighted by Crippen LogP contribution is 2.37. The smallest absolute Gasteiger partial charge is 0.338 e. The SMILES string of the molecule is CCOC(=O)C1=C(c2ccccc2)N=c2sc(=Cc3cc([N+](=O)[O-])ccc3N3CCCC3)c(=O)n2[C@@H]1c1cccs1. The zero-order valence-electron chi connectivity index (χ0n) is 22.2. The normalized spacial score (nSPS) is 17.0. The molecular formula is C30H26N4O5S2. The molecule has 1 fully saturated rings. The van der Waals surface area contributed by atoms with Crippen molar-refractivity contribution in [2.45, 2.75) is 25.8 Å². The number of non-ortho nitro benzene ring substituents is 1. The maximum absolute atomic E-state index is 14.1. The summed E-state index contributed by atoms with van der Waals surface area (Å²) in [6.45, 7) is 3.62. The molecule has 0 unspecified atom stereocenters. The quantitative estimate of drug-likeness (QED) is 0.179. The molecule has 4 aromatic rings. The number of esters is 1. The van der Waals surface area contributed by atoms with Crippen LogP contribution in [0.1, 0.15) is 41.8 Å². The Bertz CT molecular complexity index is 1840. The zero-order chi connectivity index (χ0) is 28.5. The first-order valence-corrected chi connectivity index (χ1v) is 15.0. The van der Waals surface area contributed by atoms with Crippen LogP contribution in [0.4, 0.5) is 11.4 Å². The third-order valence-electron chi connectivity index (χ3n) is 7.14. The number of ether oxygens (including phenoxy) is 1. The summed E-state index contributed by atoms with van der Waals surface area (Å²) in [4.78, 5) is 47.1. The number of carbonyl (C=O) groups excluding carboxylic acids is 1. The van der Waals surface area contributed by atoms with Crippen molar-refractivity contribution in [2.75, 3.05) is 24.6 Å². The van der Waals surface area contributed by atoms with Crippen molar-refractivity contribution in [1.82, 2.24) is 4.57 Å². The minimum atomic E-state index is -0.731. The van der Waals surface area contributed by atoms with Gasteiger partial charge in [-0.25, -0.2) is 9.79 Å². The Morgan fingerprint density at radius 3 is 2.61 bits per heavy atom. The fourth-order valence-electron chi connectivity index (χ4n) is 5.31. The second kappa shape index (κ2) is 11.3. The van der Waals surface area contributed by atoms with Crippen LogP contribution in [0.25, 0.3) is 11.8 Å². The molecular weight excluding hydrogens is 560 g/mol. The van der Waals surface area contributed by atoms with Gasteiger partial charge in [0.15, 0.2) is 4.80 Å². The third-order valence-corrected chi connectivity index (χ3v) is 9.05. The average Bonchev–Trinajstić information content (AvgIpc) is 3.76. The van der Waals surface area contributed by atoms with Gasteiger partial charge in [0.25, 0.3) is 11.2 Å². The lowest BCUT2D eigenvalue weighted by molar-refractivity contribution is -0.384. The molecule has 2 aromatic carbocycles. The number of anilines is 1. The van der Waals surface area contributed by atoms with Gasteiger partial charge in [0.2, 0.25) is 0 Å². The van der Waals surface area contributed by atoms with Crippen LogP contribution < -0.4 is 19.8 Å². The largest absolute Gasteiger partial charge is 0.463 e. The van der Waals surface area contributed by atoms with E-state index in [9.17, 15) is 19.7 Å². The van der Waals surface area contributed by atoms with Gasteiger partial charge in [0.1, 0.15) is 6.04 Å². The van der Waals surface area contributed by atoms with Crippen LogP contribution in [0.15, 0.2) is 81.4 Å². The number of hydrogen-bond acceptors (Lipinski definition) is 9. The van der Waals surface area contributed by atoms with Gasteiger partial charge in [-0.05, 0) is 43.4 Å². The van der Waals surface area contributed by atoms with Crippen molar-refractivity contribution in [3.05, 3.63) is 117 Å². The summed E-state index contributed by atoms with van der Waals surface area (Å²) >= 11 is 2.65. The van der Waals surface area contributed by atoms with Crippen LogP contribution in [0.3, 0.4) is 0 Å². The van der Waals surface area contributed by atoms with Crippen molar-refractivity contribution in [3.8, 4) is 0 Å². The van der Waals surface area contributed by atoms with Gasteiger partial charge in [-0.3, -0.25) is 19.5 Å². The van der Waals surface area contributed by atoms with Crippen molar-refractivity contribution in [2.24, 2.45) is 4.99 Å². The van der Waals surface area contributed by atoms with E-state index in [1.807, 2.05) is 47.8 Å². The van der Waals surface area contributed by atoms with Crippen molar-refractivity contribution >= 4 is 51.8 Å². The molecule has 6 rings (SSSR count). The van der Waals surface area contributed by atoms with Gasteiger partial charge in [0.05, 0.1) is 27.3 Å². The van der Waals surface area contributed by atoms with E-state index in [0.717, 1.165) is 42.1 Å². The Morgan fingerprint density at radius 1 is 1.15 bits per heavy atom. The monoisotopic (exact) mass is 586 g/mol. The highest BCUT2D eigenvalue weighted by Gasteiger charge is 2.35. The van der Waals surface area contributed by atoms with Crippen LogP contribution >= 0.6 is 22.7 Å². The number of hydrogen-bond donors (Lipinski definition) is 0. The molecule has 0 N–H and O–H groups in total. The minimum Gasteiger partial charge on any atom is -0.463 e. The van der Waals surface area contributed by atoms with E-state index in [-0.39, 0.29) is 17.9 Å². The Hall–Kier alpha value is -4.35. The molecule has 1 saturated heterocycles. The number of thiazole rings is 1. The number of aromatic nitrogens is 1. The molecule has 1 atom stereocenters. The topological polar surface area (TPSA) is 107 Å². The van der Waals surface area contributed by atoms with Crippen molar-refractivity contribution < 1.29 is 14.5 Å². The lowest BCUT2D eigenvalue weighted by Gasteiger charge is -2.24. The molecule has 0 aliphatic carbocycles. The van der Waals surface area contributed by atoms with E-state index in [1.54, 1.807) is 23.6 Å². The highest BCUT2D eigenvalue weighted by atomic mass is 32.1. The van der Waals surface area contributed by atoms with Crippen LogP contribution in [-0.2, 0) is 9.53 Å². The highest BCUT2D eigenvalue weighted by molar-refractivity contribution is 7.10. The first-order chi connectivity index (χ1) is 20.0. The first-order valence-electron chi connectivity index (χ1n) is 13.3. The summed E-state index contributed by atoms with van der Waals surface area (Å²) in [5, 5.41) is 13.5. The van der Waals surface area contributed by atoms with Crippen molar-refractivity contribution in [1.29, 1.82) is 0 Å². The number of rotatable bonds is 7. The molecule has 0 radical (unpaired) electrons. The Kier molecular flexibility index (Phi) is 7.38. The molecule has 41 heavy (non-hydrogen) atoms. The predicted molar refractivity (Wildman–Crippen MR) is 160 cm³/mol. The summed E-state index contributed by atoms with van der Waals surface area (Å²) < 4.78 is 7.41. The summed E-state index contributed by atoms with van der Waals surface area (Å²) in [6.07, 6.45) is 3.79. The van der Waals surface area contributed by atoms with Gasteiger partial charge >= 0.3 is 5.97 Å². The predicted octanol–water partition coefficient (Wildman–Crippen LogP) is 4.51. The second-order valence-corrected chi connectivity index (χ2v) is 11.6. The molecule has 4 heterocycles. The van der Waals surface area contributed by atoms with E-state index in [4.69, 9.17) is 9.73 Å². The first kappa shape index (κ1) is 26.9. The summed E-state index contributed by atoms with van der Waals surface area (Å²) in [5.41, 5.74) is 2.60. The maximum atomic E-state index is 14.1. The lowest BCUT2D eigenvalue weighted by Crippen LogP contribution is -2.39. The summed E-state index contributed by atoms with van der Waals surface area (Å²) in [5.74, 6) is -0.530. The van der Waals surface area contributed by atoms with Gasteiger partial charge in [0, 0.05) is 46.9 Å². The molecule has 0 spiro atoms. The maximum Gasteiger partial charge on any atom is 0.338 e. The molecule has 2 aliphatic rings. The molecule has 0 saturated carbocycles. The van der Waals surface area contributed by atoms with Gasteiger partial charge < -0.3 is 9.64 Å². The van der Waals surface area contributed by atoms with Gasteiger partial charge in [-0.1, -0.05) is 47.7 Å². The van der Waals surface area contributed by atoms with E-state index in [0.29, 0.717) is 26.2 Å². The molecule has 9 nitrogen and oxygen atoms in total. The molecule has 0 bridgehead atoms. The number of fused-ring (bicyclic) bond motifs is 1. The third kappa shape index (κ3) is 5.02. The number of benzene rings is 2. The Labute approximate surface area is 243 Å². The van der Waals surface area contributed by atoms with E-state index in [1.165, 1.54) is 34.8 Å². The number of nitrogens with zero attached hydrogens (tertiary/aromatic N) is 4. The molecule has 208 valence electrons. The number of nitro groups is 1. The van der Waals surface area contributed by atoms with Crippen LogP contribution in [-0.4, -0.2) is 35.2 Å². The average molecular weight is 587 g/mol. The standard InChI is InChI=1S/C30H26N4O5S2/c1-2-39-29(36)25-26(19-9-4-3-5-10-19)31-30-33(27(25)23-11-8-16-40-23)28(35)24(41-30)18-20-17-21(34(37)38)12-13-22(20)32-14-6-7-15-32/h3-5,8-13,16-18,27H,2,6-7,14-15H2,1H3/t27-/m1/s1. The van der Waals surface area contributed by atoms with Gasteiger partial charge in [-0.2, -0.15) is 0 Å². The Morgan fingerprint density at radius 2 is 1.93 bits per heavy atom. The summed E-state index contributed by atoms with van der Waals surface area (Å²) in [7, 11) is 0. The molecule has 2 aliphatic heterocycles. The fourth-order valence-corrected chi connectivity index (χ4v) is 7.13. The van der Waals surface area contributed by atoms with E-state index < -0.39 is 16.9 Å². The molecule has 2 aromatic heterocycles. The summed E-state index contributed by atoms with van der Waals surface area (Å²) in [6, 6.07) is 17.2. The minimum absolute atomic E-state index is 0.0422. The second-order valence-electron chi connectivity index (χ2n) is 9.64. The number of nitro benzene ring substituents is 1. The van der Waals surface area contributed by atoms with E-state index in [2.05, 4.69) is 4.90 Å². The zero-order valence-corrected chi connectivity index (χ0v) is 23.8. The van der Waals surface area contributed by atoms with E-state index >= 15 is 0 Å². The fraction of sp³-hybridized carbons (Fsp3) is 0.233. The van der Waals surface area contributed by atoms with Crippen LogP contribution in [0, 0.1) is 10.1 Å².